The second-order valence-electron chi connectivity index (χ2n) is 5.19. The fourth-order valence-electron chi connectivity index (χ4n) is 2.45. The molecule has 0 spiro atoms. The van der Waals surface area contributed by atoms with E-state index in [2.05, 4.69) is 10.4 Å². The van der Waals surface area contributed by atoms with Crippen LogP contribution in [-0.4, -0.2) is 19.9 Å². The number of nitrogens with zero attached hydrogens (tertiary/aromatic N) is 2. The van der Waals surface area contributed by atoms with Crippen LogP contribution in [-0.2, 0) is 27.1 Å². The van der Waals surface area contributed by atoms with E-state index in [1.807, 2.05) is 6.92 Å². The van der Waals surface area contributed by atoms with Gasteiger partial charge in [-0.05, 0) is 30.7 Å². The van der Waals surface area contributed by atoms with Crippen molar-refractivity contribution in [2.75, 3.05) is 5.32 Å². The molecule has 1 aliphatic rings. The normalized spacial score (nSPS) is 16.5. The van der Waals surface area contributed by atoms with Gasteiger partial charge in [0, 0.05) is 22.8 Å². The summed E-state index contributed by atoms with van der Waals surface area (Å²) in [5.41, 5.74) is 2.20. The molecule has 3 rings (SSSR count). The number of anilines is 1. The van der Waals surface area contributed by atoms with Crippen LogP contribution in [0.25, 0.3) is 5.69 Å². The number of hydrogen-bond donors (Lipinski definition) is 1. The second-order valence-corrected chi connectivity index (χ2v) is 6.65. The lowest BCUT2D eigenvalue weighted by Crippen LogP contribution is -2.15. The van der Waals surface area contributed by atoms with Gasteiger partial charge in [0.05, 0.1) is 22.9 Å². The fraction of sp³-hybridized carbons (Fsp3) is 0.333. The Hall–Kier alpha value is -2.02. The molecular weight excluding hydrogens is 305 g/mol. The average Bonchev–Trinajstić information content (AvgIpc) is 2.98. The van der Waals surface area contributed by atoms with E-state index < -0.39 is 10.8 Å². The maximum absolute atomic E-state index is 13.1. The highest BCUT2D eigenvalue weighted by atomic mass is 32.2. The van der Waals surface area contributed by atoms with Gasteiger partial charge in [0.15, 0.2) is 0 Å². The monoisotopic (exact) mass is 321 g/mol. The van der Waals surface area contributed by atoms with Crippen LogP contribution in [0.3, 0.4) is 0 Å². The molecular formula is C15H16FN3O2S. The number of hydrogen-bond acceptors (Lipinski definition) is 3. The molecule has 0 radical (unpaired) electrons. The standard InChI is InChI=1S/C15H16FN3O2S/c1-2-3-14(20)17-15-12-8-22(21)9-13(12)18-19(15)11-6-4-10(16)5-7-11/h4-7H,2-3,8-9H2,1H3,(H,17,20)/t22-/m0/s1. The molecule has 22 heavy (non-hydrogen) atoms. The van der Waals surface area contributed by atoms with E-state index in [4.69, 9.17) is 0 Å². The van der Waals surface area contributed by atoms with Crippen LogP contribution in [0.2, 0.25) is 0 Å². The third-order valence-electron chi connectivity index (χ3n) is 3.48. The van der Waals surface area contributed by atoms with Crippen molar-refractivity contribution in [3.05, 3.63) is 41.3 Å². The first-order valence-corrected chi connectivity index (χ1v) is 8.59. The Kier molecular flexibility index (Phi) is 4.06. The lowest BCUT2D eigenvalue weighted by atomic mass is 10.2. The smallest absolute Gasteiger partial charge is 0.225 e. The van der Waals surface area contributed by atoms with Crippen LogP contribution < -0.4 is 5.32 Å². The molecule has 2 heterocycles. The van der Waals surface area contributed by atoms with Crippen molar-refractivity contribution in [3.8, 4) is 5.69 Å². The number of carbonyl (C=O) groups excluding carboxylic acids is 1. The number of benzene rings is 1. The molecule has 1 N–H and O–H groups in total. The van der Waals surface area contributed by atoms with Gasteiger partial charge in [0.2, 0.25) is 5.91 Å². The summed E-state index contributed by atoms with van der Waals surface area (Å²) in [6.07, 6.45) is 1.15. The lowest BCUT2D eigenvalue weighted by molar-refractivity contribution is -0.116. The summed E-state index contributed by atoms with van der Waals surface area (Å²) in [5.74, 6) is 0.886. The minimum absolute atomic E-state index is 0.105. The van der Waals surface area contributed by atoms with Gasteiger partial charge in [-0.2, -0.15) is 5.10 Å². The predicted octanol–water partition coefficient (Wildman–Crippen LogP) is 2.51. The molecule has 7 heteroatoms. The van der Waals surface area contributed by atoms with Crippen molar-refractivity contribution in [1.82, 2.24) is 9.78 Å². The second kappa shape index (κ2) is 6.00. The Morgan fingerprint density at radius 3 is 2.77 bits per heavy atom. The zero-order valence-electron chi connectivity index (χ0n) is 12.1. The van der Waals surface area contributed by atoms with Crippen molar-refractivity contribution in [2.24, 2.45) is 0 Å². The largest absolute Gasteiger partial charge is 0.310 e. The van der Waals surface area contributed by atoms with Crippen molar-refractivity contribution < 1.29 is 13.4 Å². The number of carbonyl (C=O) groups is 1. The van der Waals surface area contributed by atoms with Crippen molar-refractivity contribution >= 4 is 22.5 Å². The minimum Gasteiger partial charge on any atom is -0.310 e. The summed E-state index contributed by atoms with van der Waals surface area (Å²) in [7, 11) is -0.973. The molecule has 0 bridgehead atoms. The zero-order valence-corrected chi connectivity index (χ0v) is 13.0. The quantitative estimate of drug-likeness (QED) is 0.941. The SMILES string of the molecule is CCCC(=O)Nc1c2c(nn1-c1ccc(F)cc1)C[S@@](=O)C2. The highest BCUT2D eigenvalue weighted by Gasteiger charge is 2.28. The maximum atomic E-state index is 13.1. The van der Waals surface area contributed by atoms with E-state index in [1.165, 1.54) is 12.1 Å². The molecule has 116 valence electrons. The van der Waals surface area contributed by atoms with Gasteiger partial charge < -0.3 is 5.32 Å². The number of amides is 1. The number of nitrogens with one attached hydrogen (secondary N) is 1. The molecule has 0 saturated heterocycles. The molecule has 0 aliphatic carbocycles. The molecule has 0 fully saturated rings. The molecule has 1 atom stereocenters. The van der Waals surface area contributed by atoms with E-state index in [1.54, 1.807) is 16.8 Å². The summed E-state index contributed by atoms with van der Waals surface area (Å²) in [5, 5.41) is 7.30. The van der Waals surface area contributed by atoms with Gasteiger partial charge >= 0.3 is 0 Å². The van der Waals surface area contributed by atoms with Crippen LogP contribution in [0.5, 0.6) is 0 Å². The molecule has 1 aliphatic heterocycles. The Labute approximate surface area is 130 Å². The average molecular weight is 321 g/mol. The van der Waals surface area contributed by atoms with E-state index in [0.29, 0.717) is 29.4 Å². The van der Waals surface area contributed by atoms with Gasteiger partial charge in [0.25, 0.3) is 0 Å². The van der Waals surface area contributed by atoms with Gasteiger partial charge in [-0.1, -0.05) is 6.92 Å². The van der Waals surface area contributed by atoms with E-state index in [0.717, 1.165) is 17.7 Å². The first-order chi connectivity index (χ1) is 10.6. The van der Waals surface area contributed by atoms with Crippen molar-refractivity contribution in [2.45, 2.75) is 31.3 Å². The van der Waals surface area contributed by atoms with Gasteiger partial charge in [-0.3, -0.25) is 9.00 Å². The topological polar surface area (TPSA) is 64.0 Å². The predicted molar refractivity (Wildman–Crippen MR) is 82.6 cm³/mol. The van der Waals surface area contributed by atoms with E-state index in [-0.39, 0.29) is 11.7 Å². The van der Waals surface area contributed by atoms with Crippen LogP contribution in [0.15, 0.2) is 24.3 Å². The summed E-state index contributed by atoms with van der Waals surface area (Å²) < 4.78 is 26.4. The summed E-state index contributed by atoms with van der Waals surface area (Å²) in [6.45, 7) is 1.93. The van der Waals surface area contributed by atoms with Crippen molar-refractivity contribution in [3.63, 3.8) is 0 Å². The first kappa shape index (κ1) is 14.9. The van der Waals surface area contributed by atoms with Crippen molar-refractivity contribution in [1.29, 1.82) is 0 Å². The van der Waals surface area contributed by atoms with E-state index >= 15 is 0 Å². The van der Waals surface area contributed by atoms with Gasteiger partial charge in [-0.15, -0.1) is 0 Å². The Bertz CT molecular complexity index is 740. The maximum Gasteiger partial charge on any atom is 0.225 e. The highest BCUT2D eigenvalue weighted by molar-refractivity contribution is 7.83. The third-order valence-corrected chi connectivity index (χ3v) is 4.68. The van der Waals surface area contributed by atoms with Crippen LogP contribution in [0, 0.1) is 5.82 Å². The van der Waals surface area contributed by atoms with Gasteiger partial charge in [0.1, 0.15) is 11.6 Å². The molecule has 0 unspecified atom stereocenters. The first-order valence-electron chi connectivity index (χ1n) is 7.10. The fourth-order valence-corrected chi connectivity index (χ4v) is 3.71. The van der Waals surface area contributed by atoms with Crippen LogP contribution in [0.1, 0.15) is 31.0 Å². The number of halogens is 1. The Balaban J connectivity index is 2.02. The third kappa shape index (κ3) is 2.81. The summed E-state index contributed by atoms with van der Waals surface area (Å²) in [6, 6.07) is 5.89. The van der Waals surface area contributed by atoms with Crippen LogP contribution >= 0.6 is 0 Å². The summed E-state index contributed by atoms with van der Waals surface area (Å²) >= 11 is 0. The van der Waals surface area contributed by atoms with Gasteiger partial charge in [-0.25, -0.2) is 9.07 Å². The molecule has 1 aromatic heterocycles. The Morgan fingerprint density at radius 1 is 1.36 bits per heavy atom. The van der Waals surface area contributed by atoms with Crippen LogP contribution in [0.4, 0.5) is 10.2 Å². The molecule has 0 saturated carbocycles. The minimum atomic E-state index is -0.973. The summed E-state index contributed by atoms with van der Waals surface area (Å²) in [4.78, 5) is 11.9. The molecule has 2 aromatic rings. The Morgan fingerprint density at radius 2 is 2.09 bits per heavy atom. The molecule has 1 aromatic carbocycles. The highest BCUT2D eigenvalue weighted by Crippen LogP contribution is 2.31. The lowest BCUT2D eigenvalue weighted by Gasteiger charge is -2.10. The number of fused-ring (bicyclic) bond motifs is 1. The number of rotatable bonds is 4. The molecule has 5 nitrogen and oxygen atoms in total. The number of aromatic nitrogens is 2. The zero-order chi connectivity index (χ0) is 15.7. The van der Waals surface area contributed by atoms with E-state index in [9.17, 15) is 13.4 Å². The molecule has 1 amide bonds.